The number of aryl methyl sites for hydroxylation is 2. The number of hydrogen-bond donors (Lipinski definition) is 1. The number of nitrogens with zero attached hydrogens (tertiary/aromatic N) is 2. The van der Waals surface area contributed by atoms with Gasteiger partial charge in [0.05, 0.1) is 11.3 Å². The average molecular weight is 274 g/mol. The van der Waals surface area contributed by atoms with Gasteiger partial charge in [0, 0.05) is 25.8 Å². The fraction of sp³-hybridized carbons (Fsp3) is 0.769. The quantitative estimate of drug-likeness (QED) is 0.865. The van der Waals surface area contributed by atoms with E-state index in [0.29, 0.717) is 5.15 Å². The lowest BCUT2D eigenvalue weighted by molar-refractivity contribution is -0.00962. The molecule has 1 rings (SSSR count). The van der Waals surface area contributed by atoms with Crippen molar-refractivity contribution in [3.8, 4) is 0 Å². The third kappa shape index (κ3) is 3.25. The van der Waals surface area contributed by atoms with E-state index in [1.54, 1.807) is 11.8 Å². The Morgan fingerprint density at radius 2 is 2.11 bits per heavy atom. The first-order valence-electron chi connectivity index (χ1n) is 6.30. The summed E-state index contributed by atoms with van der Waals surface area (Å²) in [5.74, 6) is 0. The summed E-state index contributed by atoms with van der Waals surface area (Å²) in [4.78, 5) is 0. The minimum Gasteiger partial charge on any atom is -0.377 e. The summed E-state index contributed by atoms with van der Waals surface area (Å²) in [5.41, 5.74) is 1.83. The summed E-state index contributed by atoms with van der Waals surface area (Å²) in [5, 5.41) is 8.52. The predicted molar refractivity (Wildman–Crippen MR) is 75.2 cm³/mol. The van der Waals surface area contributed by atoms with Gasteiger partial charge in [0.1, 0.15) is 5.15 Å². The SMILES string of the molecule is CCNC(Cc1c(C)nn(C)c1Cl)C(C)(C)OC. The molecule has 0 saturated carbocycles. The molecule has 0 radical (unpaired) electrons. The van der Waals surface area contributed by atoms with Crippen molar-refractivity contribution >= 4 is 11.6 Å². The maximum absolute atomic E-state index is 6.28. The first kappa shape index (κ1) is 15.5. The molecule has 5 heteroatoms. The standard InChI is InChI=1S/C13H24ClN3O/c1-7-15-11(13(3,4)18-6)8-10-9(2)16-17(5)12(10)14/h11,15H,7-8H2,1-6H3. The molecular formula is C13H24ClN3O. The van der Waals surface area contributed by atoms with Gasteiger partial charge in [-0.3, -0.25) is 4.68 Å². The molecule has 0 aliphatic carbocycles. The van der Waals surface area contributed by atoms with Crippen LogP contribution in [0, 0.1) is 6.92 Å². The molecule has 0 fully saturated rings. The van der Waals surface area contributed by atoms with Crippen molar-refractivity contribution in [1.82, 2.24) is 15.1 Å². The summed E-state index contributed by atoms with van der Waals surface area (Å²) >= 11 is 6.28. The van der Waals surface area contributed by atoms with Crippen molar-refractivity contribution in [3.63, 3.8) is 0 Å². The lowest BCUT2D eigenvalue weighted by Crippen LogP contribution is -2.49. The number of nitrogens with one attached hydrogen (secondary N) is 1. The van der Waals surface area contributed by atoms with E-state index in [0.717, 1.165) is 24.2 Å². The molecule has 104 valence electrons. The average Bonchev–Trinajstić information content (AvgIpc) is 2.55. The fourth-order valence-electron chi connectivity index (χ4n) is 2.06. The van der Waals surface area contributed by atoms with Crippen LogP contribution in [0.5, 0.6) is 0 Å². The first-order valence-corrected chi connectivity index (χ1v) is 6.67. The van der Waals surface area contributed by atoms with E-state index < -0.39 is 0 Å². The number of methoxy groups -OCH3 is 1. The highest BCUT2D eigenvalue weighted by atomic mass is 35.5. The molecule has 1 heterocycles. The van der Waals surface area contributed by atoms with Crippen LogP contribution >= 0.6 is 11.6 Å². The Bertz CT molecular complexity index is 401. The third-order valence-corrected chi connectivity index (χ3v) is 3.97. The monoisotopic (exact) mass is 273 g/mol. The van der Waals surface area contributed by atoms with Gasteiger partial charge in [0.15, 0.2) is 0 Å². The van der Waals surface area contributed by atoms with Crippen LogP contribution in [0.2, 0.25) is 5.15 Å². The molecule has 1 unspecified atom stereocenters. The largest absolute Gasteiger partial charge is 0.377 e. The van der Waals surface area contributed by atoms with Crippen molar-refractivity contribution in [3.05, 3.63) is 16.4 Å². The van der Waals surface area contributed by atoms with Crippen LogP contribution in [0.4, 0.5) is 0 Å². The molecule has 4 nitrogen and oxygen atoms in total. The minimum absolute atomic E-state index is 0.202. The maximum Gasteiger partial charge on any atom is 0.130 e. The molecule has 0 spiro atoms. The summed E-state index contributed by atoms with van der Waals surface area (Å²) < 4.78 is 7.30. The van der Waals surface area contributed by atoms with E-state index >= 15 is 0 Å². The van der Waals surface area contributed by atoms with Crippen LogP contribution in [0.3, 0.4) is 0 Å². The molecule has 0 bridgehead atoms. The molecule has 0 amide bonds. The minimum atomic E-state index is -0.248. The Kier molecular flexibility index (Phi) is 5.20. The second kappa shape index (κ2) is 6.04. The molecule has 0 aromatic carbocycles. The molecule has 0 aliphatic heterocycles. The van der Waals surface area contributed by atoms with Crippen molar-refractivity contribution in [1.29, 1.82) is 0 Å². The van der Waals surface area contributed by atoms with Crippen molar-refractivity contribution in [2.45, 2.75) is 45.8 Å². The highest BCUT2D eigenvalue weighted by Crippen LogP contribution is 2.24. The zero-order chi connectivity index (χ0) is 13.9. The van der Waals surface area contributed by atoms with E-state index in [-0.39, 0.29) is 11.6 Å². The second-order valence-electron chi connectivity index (χ2n) is 5.10. The topological polar surface area (TPSA) is 39.1 Å². The smallest absolute Gasteiger partial charge is 0.130 e. The van der Waals surface area contributed by atoms with Crippen LogP contribution < -0.4 is 5.32 Å². The normalized spacial score (nSPS) is 13.9. The number of ether oxygens (including phenoxy) is 1. The van der Waals surface area contributed by atoms with Crippen LogP contribution in [0.25, 0.3) is 0 Å². The van der Waals surface area contributed by atoms with E-state index in [4.69, 9.17) is 16.3 Å². The van der Waals surface area contributed by atoms with Gasteiger partial charge in [-0.2, -0.15) is 5.10 Å². The fourth-order valence-corrected chi connectivity index (χ4v) is 2.31. The second-order valence-corrected chi connectivity index (χ2v) is 5.46. The van der Waals surface area contributed by atoms with E-state index in [9.17, 15) is 0 Å². The Labute approximate surface area is 115 Å². The van der Waals surface area contributed by atoms with Gasteiger partial charge >= 0.3 is 0 Å². The van der Waals surface area contributed by atoms with Crippen LogP contribution in [0.1, 0.15) is 32.0 Å². The predicted octanol–water partition coefficient (Wildman–Crippen LogP) is 2.33. The van der Waals surface area contributed by atoms with E-state index in [1.165, 1.54) is 0 Å². The molecule has 1 aromatic heterocycles. The Morgan fingerprint density at radius 1 is 1.50 bits per heavy atom. The summed E-state index contributed by atoms with van der Waals surface area (Å²) in [6, 6.07) is 0.202. The van der Waals surface area contributed by atoms with Crippen molar-refractivity contribution < 1.29 is 4.74 Å². The number of likely N-dealkylation sites (N-methyl/N-ethyl adjacent to an activating group) is 1. The van der Waals surface area contributed by atoms with Gasteiger partial charge < -0.3 is 10.1 Å². The van der Waals surface area contributed by atoms with Gasteiger partial charge in [-0.05, 0) is 33.7 Å². The zero-order valence-electron chi connectivity index (χ0n) is 12.2. The maximum atomic E-state index is 6.28. The van der Waals surface area contributed by atoms with E-state index in [1.807, 2.05) is 14.0 Å². The Hall–Kier alpha value is -0.580. The highest BCUT2D eigenvalue weighted by Gasteiger charge is 2.30. The van der Waals surface area contributed by atoms with Gasteiger partial charge in [0.2, 0.25) is 0 Å². The molecule has 1 N–H and O–H groups in total. The number of rotatable bonds is 6. The summed E-state index contributed by atoms with van der Waals surface area (Å²) in [6.07, 6.45) is 0.813. The van der Waals surface area contributed by atoms with Gasteiger partial charge in [-0.25, -0.2) is 0 Å². The van der Waals surface area contributed by atoms with Crippen LogP contribution in [0.15, 0.2) is 0 Å². The molecule has 0 aliphatic rings. The lowest BCUT2D eigenvalue weighted by atomic mass is 9.92. The van der Waals surface area contributed by atoms with Crippen LogP contribution in [-0.4, -0.2) is 35.1 Å². The van der Waals surface area contributed by atoms with Gasteiger partial charge in [-0.1, -0.05) is 18.5 Å². The molecular weight excluding hydrogens is 250 g/mol. The van der Waals surface area contributed by atoms with E-state index in [2.05, 4.69) is 31.2 Å². The first-order chi connectivity index (χ1) is 8.33. The zero-order valence-corrected chi connectivity index (χ0v) is 12.9. The summed E-state index contributed by atoms with van der Waals surface area (Å²) in [7, 11) is 3.60. The van der Waals surface area contributed by atoms with Crippen LogP contribution in [-0.2, 0) is 18.2 Å². The lowest BCUT2D eigenvalue weighted by Gasteiger charge is -2.33. The molecule has 18 heavy (non-hydrogen) atoms. The molecule has 1 atom stereocenters. The Balaban J connectivity index is 2.97. The number of aromatic nitrogens is 2. The molecule has 0 saturated heterocycles. The van der Waals surface area contributed by atoms with Gasteiger partial charge in [-0.15, -0.1) is 0 Å². The highest BCUT2D eigenvalue weighted by molar-refractivity contribution is 6.30. The number of halogens is 1. The van der Waals surface area contributed by atoms with Gasteiger partial charge in [0.25, 0.3) is 0 Å². The molecule has 1 aromatic rings. The Morgan fingerprint density at radius 3 is 2.50 bits per heavy atom. The van der Waals surface area contributed by atoms with Crippen molar-refractivity contribution in [2.75, 3.05) is 13.7 Å². The third-order valence-electron chi connectivity index (χ3n) is 3.49. The van der Waals surface area contributed by atoms with Crippen molar-refractivity contribution in [2.24, 2.45) is 7.05 Å². The number of hydrogen-bond acceptors (Lipinski definition) is 3. The summed E-state index contributed by atoms with van der Waals surface area (Å²) in [6.45, 7) is 9.15.